The van der Waals surface area contributed by atoms with E-state index < -0.39 is 72.5 Å². The van der Waals surface area contributed by atoms with E-state index in [0.29, 0.717) is 25.8 Å². The Morgan fingerprint density at radius 1 is 0.875 bits per heavy atom. The lowest BCUT2D eigenvalue weighted by Crippen LogP contribution is -2.59. The predicted molar refractivity (Wildman–Crippen MR) is 174 cm³/mol. The first-order valence-electron chi connectivity index (χ1n) is 15.9. The molecule has 2 aliphatic heterocycles. The smallest absolute Gasteiger partial charge is 0.326 e. The van der Waals surface area contributed by atoms with Crippen LogP contribution in [0, 0.1) is 0 Å². The van der Waals surface area contributed by atoms with Crippen LogP contribution in [0.4, 0.5) is 0 Å². The minimum atomic E-state index is -1.54. The second-order valence-corrected chi connectivity index (χ2v) is 11.7. The van der Waals surface area contributed by atoms with Crippen LogP contribution in [-0.2, 0) is 28.8 Å². The fourth-order valence-electron chi connectivity index (χ4n) is 5.38. The summed E-state index contributed by atoms with van der Waals surface area (Å²) in [6.07, 6.45) is 1.51. The van der Waals surface area contributed by atoms with Gasteiger partial charge in [0.2, 0.25) is 29.5 Å². The van der Waals surface area contributed by atoms with Gasteiger partial charge in [-0.2, -0.15) is 0 Å². The molecule has 0 aromatic rings. The van der Waals surface area contributed by atoms with Crippen LogP contribution in [0.2, 0.25) is 0 Å². The molecule has 0 aromatic carbocycles. The van der Waals surface area contributed by atoms with E-state index in [0.717, 1.165) is 6.42 Å². The Morgan fingerprint density at radius 2 is 1.50 bits per heavy atom. The lowest BCUT2D eigenvalue weighted by atomic mass is 10.1. The summed E-state index contributed by atoms with van der Waals surface area (Å²) in [4.78, 5) is 85.8. The summed E-state index contributed by atoms with van der Waals surface area (Å²) in [6.45, 7) is 1.84. The van der Waals surface area contributed by atoms with Crippen LogP contribution in [0.25, 0.3) is 0 Å². The molecule has 0 spiro atoms. The van der Waals surface area contributed by atoms with Crippen molar-refractivity contribution < 1.29 is 39.0 Å². The highest BCUT2D eigenvalue weighted by atomic mass is 16.4. The predicted octanol–water partition coefficient (Wildman–Crippen LogP) is -5.13. The summed E-state index contributed by atoms with van der Waals surface area (Å²) in [6, 6.07) is -5.26. The first-order chi connectivity index (χ1) is 22.7. The van der Waals surface area contributed by atoms with Crippen molar-refractivity contribution in [2.24, 2.45) is 32.9 Å². The van der Waals surface area contributed by atoms with Crippen LogP contribution in [-0.4, -0.2) is 132 Å². The van der Waals surface area contributed by atoms with Gasteiger partial charge in [0, 0.05) is 19.6 Å². The number of rotatable bonds is 19. The summed E-state index contributed by atoms with van der Waals surface area (Å²) in [7, 11) is 0. The zero-order valence-electron chi connectivity index (χ0n) is 27.2. The lowest BCUT2D eigenvalue weighted by Gasteiger charge is -2.29. The van der Waals surface area contributed by atoms with Crippen molar-refractivity contribution in [1.29, 1.82) is 0 Å². The lowest BCUT2D eigenvalue weighted by molar-refractivity contribution is -0.149. The van der Waals surface area contributed by atoms with E-state index in [2.05, 4.69) is 36.6 Å². The monoisotopic (exact) mass is 682 g/mol. The van der Waals surface area contributed by atoms with Crippen molar-refractivity contribution in [1.82, 2.24) is 31.5 Å². The molecule has 5 amide bonds. The Hall–Kier alpha value is -4.72. The molecule has 15 N–H and O–H groups in total. The molecule has 20 nitrogen and oxygen atoms in total. The second-order valence-electron chi connectivity index (χ2n) is 11.7. The average molecular weight is 683 g/mol. The third-order valence-electron chi connectivity index (χ3n) is 7.84. The molecule has 2 rings (SSSR count). The van der Waals surface area contributed by atoms with Crippen molar-refractivity contribution >= 4 is 47.4 Å². The van der Waals surface area contributed by atoms with Crippen molar-refractivity contribution in [2.75, 3.05) is 32.7 Å². The maximum atomic E-state index is 13.4. The van der Waals surface area contributed by atoms with Gasteiger partial charge in [0.05, 0.1) is 18.7 Å². The molecule has 48 heavy (non-hydrogen) atoms. The van der Waals surface area contributed by atoms with Crippen molar-refractivity contribution in [3.8, 4) is 0 Å². The molecule has 20 heteroatoms. The number of carbonyl (C=O) groups excluding carboxylic acids is 5. The van der Waals surface area contributed by atoms with Gasteiger partial charge < -0.3 is 64.6 Å². The molecule has 2 saturated heterocycles. The number of aliphatic imine (C=N–C) groups is 2. The summed E-state index contributed by atoms with van der Waals surface area (Å²) >= 11 is 0. The molecular weight excluding hydrogens is 632 g/mol. The number of nitrogens with zero attached hydrogens (tertiary/aromatic N) is 3. The van der Waals surface area contributed by atoms with Gasteiger partial charge in [0.15, 0.2) is 11.9 Å². The maximum absolute atomic E-state index is 13.4. The number of nitrogens with two attached hydrogens (primary N) is 4. The fraction of sp³-hybridized carbons (Fsp3) is 0.714. The molecule has 6 atom stereocenters. The standard InChI is InChI=1S/C28H50N12O8/c1-15(41)21(24(45)38-18(8-4-12-35-28(31)32)25(46)40-13-5-9-19(40)26(47)48)39-20(42)14-36-22(43)17(7-3-11-34-27(29)30)37-23(44)16-6-2-10-33-16/h15-19,21,33,41H,2-14H2,1H3,(H,36,43)(H,37,44)(H,38,45)(H,39,42)(H,47,48)(H4,29,30,34)(H4,31,32,35)/t15-,16+,17+,18+,19+,21+/m1/s1. The Labute approximate surface area is 278 Å². The first kappa shape index (κ1) is 39.5. The highest BCUT2D eigenvalue weighted by Crippen LogP contribution is 2.20. The van der Waals surface area contributed by atoms with Gasteiger partial charge in [-0.05, 0) is 64.8 Å². The number of hydrogen-bond acceptors (Lipinski definition) is 10. The van der Waals surface area contributed by atoms with Crippen molar-refractivity contribution in [3.63, 3.8) is 0 Å². The number of hydrogen-bond donors (Lipinski definition) is 11. The van der Waals surface area contributed by atoms with Gasteiger partial charge in [-0.1, -0.05) is 0 Å². The quantitative estimate of drug-likeness (QED) is 0.0345. The van der Waals surface area contributed by atoms with E-state index in [1.807, 2.05) is 0 Å². The number of amides is 5. The molecular formula is C28H50N12O8. The molecule has 0 saturated carbocycles. The highest BCUT2D eigenvalue weighted by molar-refractivity contribution is 5.95. The number of aliphatic hydroxyl groups is 1. The zero-order chi connectivity index (χ0) is 35.8. The Kier molecular flexibility index (Phi) is 16.3. The Balaban J connectivity index is 2.06. The summed E-state index contributed by atoms with van der Waals surface area (Å²) < 4.78 is 0. The average Bonchev–Trinajstić information content (AvgIpc) is 3.74. The van der Waals surface area contributed by atoms with Gasteiger partial charge >= 0.3 is 5.97 Å². The van der Waals surface area contributed by atoms with E-state index in [9.17, 15) is 39.0 Å². The second kappa shape index (κ2) is 19.8. The zero-order valence-corrected chi connectivity index (χ0v) is 27.2. The van der Waals surface area contributed by atoms with Gasteiger partial charge in [-0.15, -0.1) is 0 Å². The molecule has 0 aromatic heterocycles. The molecule has 0 aliphatic carbocycles. The van der Waals surface area contributed by atoms with Crippen LogP contribution in [0.3, 0.4) is 0 Å². The molecule has 2 aliphatic rings. The number of aliphatic hydroxyl groups excluding tert-OH is 1. The fourth-order valence-corrected chi connectivity index (χ4v) is 5.38. The van der Waals surface area contributed by atoms with Crippen LogP contribution in [0.15, 0.2) is 9.98 Å². The van der Waals surface area contributed by atoms with Gasteiger partial charge in [-0.3, -0.25) is 34.0 Å². The summed E-state index contributed by atoms with van der Waals surface area (Å²) in [5, 5.41) is 32.9. The molecule has 270 valence electrons. The molecule has 2 fully saturated rings. The minimum Gasteiger partial charge on any atom is -0.480 e. The van der Waals surface area contributed by atoms with Crippen LogP contribution < -0.4 is 49.5 Å². The topological polar surface area (TPSA) is 335 Å². The minimum absolute atomic E-state index is 0.0351. The third-order valence-corrected chi connectivity index (χ3v) is 7.84. The number of likely N-dealkylation sites (tertiary alicyclic amines) is 1. The van der Waals surface area contributed by atoms with Crippen molar-refractivity contribution in [3.05, 3.63) is 0 Å². The molecule has 0 unspecified atom stereocenters. The van der Waals surface area contributed by atoms with Crippen LogP contribution in [0.5, 0.6) is 0 Å². The summed E-state index contributed by atoms with van der Waals surface area (Å²) in [5.41, 5.74) is 21.4. The Bertz CT molecular complexity index is 1200. The van der Waals surface area contributed by atoms with E-state index in [1.165, 1.54) is 11.8 Å². The number of aliphatic carboxylic acids is 1. The number of carboxylic acid groups (broad SMARTS) is 1. The van der Waals surface area contributed by atoms with E-state index in [4.69, 9.17) is 22.9 Å². The molecule has 0 bridgehead atoms. The Morgan fingerprint density at radius 3 is 2.04 bits per heavy atom. The highest BCUT2D eigenvalue weighted by Gasteiger charge is 2.38. The van der Waals surface area contributed by atoms with E-state index in [1.54, 1.807) is 0 Å². The van der Waals surface area contributed by atoms with Gasteiger partial charge in [0.1, 0.15) is 24.2 Å². The van der Waals surface area contributed by atoms with Crippen molar-refractivity contribution in [2.45, 2.75) is 94.6 Å². The first-order valence-corrected chi connectivity index (χ1v) is 15.9. The third kappa shape index (κ3) is 13.2. The number of carboxylic acids is 1. The number of nitrogens with one attached hydrogen (secondary N) is 5. The number of carbonyl (C=O) groups is 6. The molecule has 0 radical (unpaired) electrons. The largest absolute Gasteiger partial charge is 0.480 e. The molecule has 2 heterocycles. The van der Waals surface area contributed by atoms with Gasteiger partial charge in [0.25, 0.3) is 0 Å². The normalized spacial score (nSPS) is 19.6. The summed E-state index contributed by atoms with van der Waals surface area (Å²) in [5.74, 6) is -4.87. The van der Waals surface area contributed by atoms with E-state index >= 15 is 0 Å². The number of guanidine groups is 2. The maximum Gasteiger partial charge on any atom is 0.326 e. The van der Waals surface area contributed by atoms with E-state index in [-0.39, 0.29) is 63.1 Å². The van der Waals surface area contributed by atoms with Crippen LogP contribution in [0.1, 0.15) is 58.3 Å². The SMILES string of the molecule is C[C@@H](O)[C@H](NC(=O)CNC(=O)[C@H](CCCN=C(N)N)NC(=O)[C@@H]1CCCN1)C(=O)N[C@@H](CCCN=C(N)N)C(=O)N1CCC[C@H]1C(=O)O. The van der Waals surface area contributed by atoms with Crippen LogP contribution >= 0.6 is 0 Å². The van der Waals surface area contributed by atoms with Gasteiger partial charge in [-0.25, -0.2) is 4.79 Å².